The Hall–Kier alpha value is -1.62. The first-order valence-electron chi connectivity index (χ1n) is 6.76. The number of aromatic nitrogens is 1. The first kappa shape index (κ1) is 13.8. The van der Waals surface area contributed by atoms with Gasteiger partial charge < -0.3 is 15.4 Å². The van der Waals surface area contributed by atoms with E-state index in [0.29, 0.717) is 17.6 Å². The number of nitrogens with zero attached hydrogens (tertiary/aromatic N) is 2. The molecule has 1 aromatic rings. The van der Waals surface area contributed by atoms with Crippen LogP contribution in [0.1, 0.15) is 36.2 Å². The van der Waals surface area contributed by atoms with Crippen molar-refractivity contribution in [2.24, 2.45) is 0 Å². The molecule has 0 radical (unpaired) electrons. The molecule has 1 fully saturated rings. The van der Waals surface area contributed by atoms with Gasteiger partial charge in [0.25, 0.3) is 5.91 Å². The van der Waals surface area contributed by atoms with Crippen molar-refractivity contribution in [2.45, 2.75) is 31.8 Å². The van der Waals surface area contributed by atoms with Crippen molar-refractivity contribution >= 4 is 11.7 Å². The van der Waals surface area contributed by atoms with Crippen LogP contribution in [0.5, 0.6) is 0 Å². The van der Waals surface area contributed by atoms with Crippen molar-refractivity contribution in [2.75, 3.05) is 25.9 Å². The molecule has 2 heterocycles. The molecule has 5 heteroatoms. The normalized spacial score (nSPS) is 18.5. The van der Waals surface area contributed by atoms with E-state index in [2.05, 4.69) is 4.98 Å². The van der Waals surface area contributed by atoms with Gasteiger partial charge in [-0.15, -0.1) is 0 Å². The minimum Gasteiger partial charge on any atom is -0.384 e. The zero-order valence-electron chi connectivity index (χ0n) is 11.3. The third kappa shape index (κ3) is 3.92. The highest BCUT2D eigenvalue weighted by molar-refractivity contribution is 5.92. The highest BCUT2D eigenvalue weighted by Gasteiger charge is 2.17. The summed E-state index contributed by atoms with van der Waals surface area (Å²) in [5.41, 5.74) is 5.98. The van der Waals surface area contributed by atoms with Gasteiger partial charge in [0.15, 0.2) is 0 Å². The smallest absolute Gasteiger partial charge is 0.272 e. The van der Waals surface area contributed by atoms with Gasteiger partial charge in [0.2, 0.25) is 0 Å². The lowest BCUT2D eigenvalue weighted by molar-refractivity contribution is 0.0758. The first-order valence-corrected chi connectivity index (χ1v) is 6.76. The lowest BCUT2D eigenvalue weighted by Gasteiger charge is -2.17. The molecule has 0 aliphatic carbocycles. The van der Waals surface area contributed by atoms with E-state index in [1.54, 1.807) is 30.1 Å². The van der Waals surface area contributed by atoms with E-state index in [9.17, 15) is 4.79 Å². The zero-order chi connectivity index (χ0) is 13.7. The summed E-state index contributed by atoms with van der Waals surface area (Å²) in [5, 5.41) is 0. The van der Waals surface area contributed by atoms with E-state index >= 15 is 0 Å². The molecule has 1 aliphatic rings. The van der Waals surface area contributed by atoms with Crippen LogP contribution in [0, 0.1) is 0 Å². The molecular weight excluding hydrogens is 242 g/mol. The van der Waals surface area contributed by atoms with Crippen LogP contribution in [0.3, 0.4) is 0 Å². The summed E-state index contributed by atoms with van der Waals surface area (Å²) in [4.78, 5) is 17.8. The fourth-order valence-electron chi connectivity index (χ4n) is 2.30. The summed E-state index contributed by atoms with van der Waals surface area (Å²) in [6, 6.07) is 5.11. The van der Waals surface area contributed by atoms with Crippen LogP contribution in [0.25, 0.3) is 0 Å². The molecule has 104 valence electrons. The lowest BCUT2D eigenvalue weighted by atomic mass is 10.1. The van der Waals surface area contributed by atoms with Crippen molar-refractivity contribution in [1.82, 2.24) is 9.88 Å². The summed E-state index contributed by atoms with van der Waals surface area (Å²) in [7, 11) is 1.79. The van der Waals surface area contributed by atoms with Crippen LogP contribution in [0.15, 0.2) is 18.2 Å². The third-order valence-corrected chi connectivity index (χ3v) is 3.38. The van der Waals surface area contributed by atoms with Gasteiger partial charge in [0.1, 0.15) is 11.5 Å². The molecule has 0 saturated carbocycles. The van der Waals surface area contributed by atoms with Gasteiger partial charge >= 0.3 is 0 Å². The van der Waals surface area contributed by atoms with Crippen LogP contribution >= 0.6 is 0 Å². The Morgan fingerprint density at radius 1 is 1.58 bits per heavy atom. The summed E-state index contributed by atoms with van der Waals surface area (Å²) in [5.74, 6) is 0.290. The second-order valence-electron chi connectivity index (χ2n) is 4.95. The SMILES string of the molecule is CN(CCCC1CCCO1)C(=O)c1cccc(N)n1. The fourth-order valence-corrected chi connectivity index (χ4v) is 2.30. The Bertz CT molecular complexity index is 430. The molecule has 1 amide bonds. The molecular formula is C14H21N3O2. The molecule has 0 bridgehead atoms. The predicted molar refractivity (Wildman–Crippen MR) is 73.8 cm³/mol. The largest absolute Gasteiger partial charge is 0.384 e. The van der Waals surface area contributed by atoms with Crippen LogP contribution in [-0.2, 0) is 4.74 Å². The van der Waals surface area contributed by atoms with Crippen molar-refractivity contribution < 1.29 is 9.53 Å². The standard InChI is InChI=1S/C14H21N3O2/c1-17(9-3-5-11-6-4-10-19-11)14(18)12-7-2-8-13(15)16-12/h2,7-8,11H,3-6,9-10H2,1H3,(H2,15,16). The topological polar surface area (TPSA) is 68.5 Å². The van der Waals surface area contributed by atoms with Gasteiger partial charge in [0, 0.05) is 20.2 Å². The average molecular weight is 263 g/mol. The van der Waals surface area contributed by atoms with Crippen molar-refractivity contribution in [1.29, 1.82) is 0 Å². The van der Waals surface area contributed by atoms with E-state index in [0.717, 1.165) is 38.8 Å². The summed E-state index contributed by atoms with van der Waals surface area (Å²) in [6.45, 7) is 1.60. The Morgan fingerprint density at radius 3 is 3.11 bits per heavy atom. The monoisotopic (exact) mass is 263 g/mol. The number of ether oxygens (including phenoxy) is 1. The third-order valence-electron chi connectivity index (χ3n) is 3.38. The Labute approximate surface area is 113 Å². The Balaban J connectivity index is 1.78. The molecule has 1 saturated heterocycles. The number of rotatable bonds is 5. The molecule has 1 unspecified atom stereocenters. The summed E-state index contributed by atoms with van der Waals surface area (Å²) < 4.78 is 5.56. The fraction of sp³-hybridized carbons (Fsp3) is 0.571. The van der Waals surface area contributed by atoms with Gasteiger partial charge in [-0.25, -0.2) is 4.98 Å². The van der Waals surface area contributed by atoms with Crippen molar-refractivity contribution in [3.63, 3.8) is 0 Å². The Kier molecular flexibility index (Phi) is 4.74. The van der Waals surface area contributed by atoms with Crippen molar-refractivity contribution in [3.8, 4) is 0 Å². The molecule has 1 aromatic heterocycles. The van der Waals surface area contributed by atoms with E-state index in [-0.39, 0.29) is 5.91 Å². The Morgan fingerprint density at radius 2 is 2.42 bits per heavy atom. The number of amides is 1. The van der Waals surface area contributed by atoms with Gasteiger partial charge in [-0.1, -0.05) is 6.07 Å². The molecule has 2 rings (SSSR count). The molecule has 19 heavy (non-hydrogen) atoms. The molecule has 1 aliphatic heterocycles. The number of pyridine rings is 1. The van der Waals surface area contributed by atoms with Crippen LogP contribution < -0.4 is 5.73 Å². The van der Waals surface area contributed by atoms with E-state index in [4.69, 9.17) is 10.5 Å². The second-order valence-corrected chi connectivity index (χ2v) is 4.95. The minimum atomic E-state index is -0.0837. The number of nitrogens with two attached hydrogens (primary N) is 1. The number of hydrogen-bond acceptors (Lipinski definition) is 4. The van der Waals surface area contributed by atoms with Gasteiger partial charge in [-0.05, 0) is 37.8 Å². The lowest BCUT2D eigenvalue weighted by Crippen LogP contribution is -2.29. The van der Waals surface area contributed by atoms with Gasteiger partial charge in [-0.3, -0.25) is 4.79 Å². The van der Waals surface area contributed by atoms with E-state index < -0.39 is 0 Å². The van der Waals surface area contributed by atoms with Gasteiger partial charge in [-0.2, -0.15) is 0 Å². The van der Waals surface area contributed by atoms with Crippen LogP contribution in [-0.4, -0.2) is 42.1 Å². The quantitative estimate of drug-likeness (QED) is 0.877. The highest BCUT2D eigenvalue weighted by atomic mass is 16.5. The maximum atomic E-state index is 12.1. The van der Waals surface area contributed by atoms with Crippen LogP contribution in [0.2, 0.25) is 0 Å². The van der Waals surface area contributed by atoms with Crippen LogP contribution in [0.4, 0.5) is 5.82 Å². The maximum absolute atomic E-state index is 12.1. The van der Waals surface area contributed by atoms with Crippen molar-refractivity contribution in [3.05, 3.63) is 23.9 Å². The molecule has 0 spiro atoms. The first-order chi connectivity index (χ1) is 9.16. The maximum Gasteiger partial charge on any atom is 0.272 e. The van der Waals surface area contributed by atoms with Gasteiger partial charge in [0.05, 0.1) is 6.10 Å². The molecule has 2 N–H and O–H groups in total. The molecule has 1 atom stereocenters. The predicted octanol–water partition coefficient (Wildman–Crippen LogP) is 1.69. The minimum absolute atomic E-state index is 0.0837. The molecule has 5 nitrogen and oxygen atoms in total. The number of carbonyl (C=O) groups is 1. The van der Waals surface area contributed by atoms with E-state index in [1.807, 2.05) is 0 Å². The summed E-state index contributed by atoms with van der Waals surface area (Å²) in [6.07, 6.45) is 4.66. The summed E-state index contributed by atoms with van der Waals surface area (Å²) >= 11 is 0. The second kappa shape index (κ2) is 6.52. The number of hydrogen-bond donors (Lipinski definition) is 1. The highest BCUT2D eigenvalue weighted by Crippen LogP contribution is 2.17. The zero-order valence-corrected chi connectivity index (χ0v) is 11.3. The number of nitrogen functional groups attached to an aromatic ring is 1. The molecule has 0 aromatic carbocycles. The number of carbonyl (C=O) groups excluding carboxylic acids is 1. The number of anilines is 1. The average Bonchev–Trinajstić information content (AvgIpc) is 2.91. The van der Waals surface area contributed by atoms with E-state index in [1.165, 1.54) is 0 Å².